The van der Waals surface area contributed by atoms with Crippen molar-refractivity contribution in [3.05, 3.63) is 30.1 Å². The fourth-order valence-corrected chi connectivity index (χ4v) is 2.91. The van der Waals surface area contributed by atoms with Gasteiger partial charge >= 0.3 is 0 Å². The molecule has 0 radical (unpaired) electrons. The molecule has 3 heteroatoms. The second-order valence-electron chi connectivity index (χ2n) is 4.84. The highest BCUT2D eigenvalue weighted by Gasteiger charge is 2.38. The first-order valence-electron chi connectivity index (χ1n) is 5.94. The van der Waals surface area contributed by atoms with Gasteiger partial charge in [-0.1, -0.05) is 0 Å². The van der Waals surface area contributed by atoms with E-state index in [0.717, 1.165) is 43.5 Å². The highest BCUT2D eigenvalue weighted by Crippen LogP contribution is 2.36. The van der Waals surface area contributed by atoms with Gasteiger partial charge in [-0.2, -0.15) is 0 Å². The second-order valence-corrected chi connectivity index (χ2v) is 4.84. The standard InChI is InChI=1S/C13H16FNO/c14-11-1-3-12(4-2-11)16-13-5-9-7-15-8-10(9)6-13/h1-4,9-10,13,15H,5-8H2/t9-,10+,13-. The lowest BCUT2D eigenvalue weighted by Crippen LogP contribution is -2.18. The van der Waals surface area contributed by atoms with Crippen LogP contribution in [0.3, 0.4) is 0 Å². The van der Waals surface area contributed by atoms with Gasteiger partial charge in [0.2, 0.25) is 0 Å². The van der Waals surface area contributed by atoms with Gasteiger partial charge in [0, 0.05) is 0 Å². The minimum Gasteiger partial charge on any atom is -0.490 e. The number of benzene rings is 1. The van der Waals surface area contributed by atoms with Crippen LogP contribution in [0.5, 0.6) is 5.75 Å². The van der Waals surface area contributed by atoms with Crippen molar-refractivity contribution in [2.24, 2.45) is 11.8 Å². The van der Waals surface area contributed by atoms with E-state index < -0.39 is 0 Å². The van der Waals surface area contributed by atoms with E-state index in [-0.39, 0.29) is 5.82 Å². The minimum absolute atomic E-state index is 0.208. The average molecular weight is 221 g/mol. The first kappa shape index (κ1) is 10.1. The summed E-state index contributed by atoms with van der Waals surface area (Å²) in [6, 6.07) is 6.32. The molecule has 2 fully saturated rings. The normalized spacial score (nSPS) is 32.7. The first-order valence-corrected chi connectivity index (χ1v) is 5.94. The number of hydrogen-bond donors (Lipinski definition) is 1. The van der Waals surface area contributed by atoms with Crippen molar-refractivity contribution in [3.8, 4) is 5.75 Å². The van der Waals surface area contributed by atoms with E-state index in [9.17, 15) is 4.39 Å². The van der Waals surface area contributed by atoms with Gasteiger partial charge in [0.1, 0.15) is 11.6 Å². The summed E-state index contributed by atoms with van der Waals surface area (Å²) in [6.07, 6.45) is 2.59. The molecule has 0 spiro atoms. The summed E-state index contributed by atoms with van der Waals surface area (Å²) >= 11 is 0. The minimum atomic E-state index is -0.208. The largest absolute Gasteiger partial charge is 0.490 e. The van der Waals surface area contributed by atoms with E-state index >= 15 is 0 Å². The van der Waals surface area contributed by atoms with Gasteiger partial charge in [-0.05, 0) is 62.0 Å². The number of nitrogens with one attached hydrogen (secondary N) is 1. The Hall–Kier alpha value is -1.09. The maximum atomic E-state index is 12.7. The van der Waals surface area contributed by atoms with Crippen molar-refractivity contribution >= 4 is 0 Å². The van der Waals surface area contributed by atoms with E-state index in [1.165, 1.54) is 12.1 Å². The zero-order chi connectivity index (χ0) is 11.0. The van der Waals surface area contributed by atoms with Crippen LogP contribution < -0.4 is 10.1 Å². The van der Waals surface area contributed by atoms with Crippen LogP contribution in [0.25, 0.3) is 0 Å². The Morgan fingerprint density at radius 3 is 2.31 bits per heavy atom. The van der Waals surface area contributed by atoms with Crippen LogP contribution in [0.2, 0.25) is 0 Å². The van der Waals surface area contributed by atoms with Crippen molar-refractivity contribution in [2.45, 2.75) is 18.9 Å². The number of rotatable bonds is 2. The molecular formula is C13H16FNO. The molecule has 2 nitrogen and oxygen atoms in total. The third kappa shape index (κ3) is 1.92. The molecule has 0 bridgehead atoms. The summed E-state index contributed by atoms with van der Waals surface area (Å²) < 4.78 is 18.6. The van der Waals surface area contributed by atoms with Crippen molar-refractivity contribution in [3.63, 3.8) is 0 Å². The lowest BCUT2D eigenvalue weighted by Gasteiger charge is -2.14. The Morgan fingerprint density at radius 1 is 1.06 bits per heavy atom. The van der Waals surface area contributed by atoms with Crippen LogP contribution in [0, 0.1) is 17.7 Å². The number of ether oxygens (including phenoxy) is 1. The molecule has 1 aromatic rings. The molecule has 0 amide bonds. The van der Waals surface area contributed by atoms with Crippen LogP contribution >= 0.6 is 0 Å². The van der Waals surface area contributed by atoms with Crippen molar-refractivity contribution in [1.82, 2.24) is 5.32 Å². The van der Waals surface area contributed by atoms with Crippen LogP contribution in [0.15, 0.2) is 24.3 Å². The van der Waals surface area contributed by atoms with Gasteiger partial charge in [0.05, 0.1) is 6.10 Å². The van der Waals surface area contributed by atoms with E-state index in [2.05, 4.69) is 5.32 Å². The molecule has 1 saturated carbocycles. The molecule has 1 aliphatic heterocycles. The first-order chi connectivity index (χ1) is 7.81. The Labute approximate surface area is 94.8 Å². The third-order valence-corrected chi connectivity index (χ3v) is 3.73. The zero-order valence-electron chi connectivity index (χ0n) is 9.16. The molecular weight excluding hydrogens is 205 g/mol. The molecule has 1 aromatic carbocycles. The highest BCUT2D eigenvalue weighted by molar-refractivity contribution is 5.22. The molecule has 1 aliphatic carbocycles. The lowest BCUT2D eigenvalue weighted by molar-refractivity contribution is 0.199. The summed E-state index contributed by atoms with van der Waals surface area (Å²) in [5, 5.41) is 3.41. The predicted octanol–water partition coefficient (Wildman–Crippen LogP) is 2.20. The highest BCUT2D eigenvalue weighted by atomic mass is 19.1. The smallest absolute Gasteiger partial charge is 0.123 e. The fourth-order valence-electron chi connectivity index (χ4n) is 2.91. The third-order valence-electron chi connectivity index (χ3n) is 3.73. The van der Waals surface area contributed by atoms with Crippen LogP contribution in [-0.2, 0) is 0 Å². The van der Waals surface area contributed by atoms with Gasteiger partial charge in [-0.15, -0.1) is 0 Å². The summed E-state index contributed by atoms with van der Waals surface area (Å²) in [4.78, 5) is 0. The van der Waals surface area contributed by atoms with E-state index in [4.69, 9.17) is 4.74 Å². The van der Waals surface area contributed by atoms with E-state index in [0.29, 0.717) is 6.10 Å². The molecule has 2 aliphatic rings. The summed E-state index contributed by atoms with van der Waals surface area (Å²) in [5.41, 5.74) is 0. The topological polar surface area (TPSA) is 21.3 Å². The van der Waals surface area contributed by atoms with Crippen LogP contribution in [0.1, 0.15) is 12.8 Å². The van der Waals surface area contributed by atoms with Gasteiger partial charge in [-0.3, -0.25) is 0 Å². The van der Waals surface area contributed by atoms with Crippen LogP contribution in [-0.4, -0.2) is 19.2 Å². The number of hydrogen-bond acceptors (Lipinski definition) is 2. The molecule has 0 aromatic heterocycles. The average Bonchev–Trinajstić information content (AvgIpc) is 2.81. The van der Waals surface area contributed by atoms with E-state index in [1.807, 2.05) is 0 Å². The Balaban J connectivity index is 1.62. The maximum Gasteiger partial charge on any atom is 0.123 e. The molecule has 3 atom stereocenters. The fraction of sp³-hybridized carbons (Fsp3) is 0.538. The van der Waals surface area contributed by atoms with Crippen molar-refractivity contribution in [1.29, 1.82) is 0 Å². The van der Waals surface area contributed by atoms with Gasteiger partial charge in [0.25, 0.3) is 0 Å². The Morgan fingerprint density at radius 2 is 1.69 bits per heavy atom. The SMILES string of the molecule is Fc1ccc(O[C@H]2C[C@H]3CNC[C@H]3C2)cc1. The molecule has 0 unspecified atom stereocenters. The Bertz CT molecular complexity index is 353. The van der Waals surface area contributed by atoms with E-state index in [1.54, 1.807) is 12.1 Å². The van der Waals surface area contributed by atoms with Crippen molar-refractivity contribution in [2.75, 3.05) is 13.1 Å². The Kier molecular flexibility index (Phi) is 2.56. The summed E-state index contributed by atoms with van der Waals surface area (Å²) in [7, 11) is 0. The molecule has 86 valence electrons. The molecule has 3 rings (SSSR count). The van der Waals surface area contributed by atoms with Gasteiger partial charge in [-0.25, -0.2) is 4.39 Å². The second kappa shape index (κ2) is 4.06. The van der Waals surface area contributed by atoms with Crippen LogP contribution in [0.4, 0.5) is 4.39 Å². The zero-order valence-corrected chi connectivity index (χ0v) is 9.16. The van der Waals surface area contributed by atoms with Gasteiger partial charge in [0.15, 0.2) is 0 Å². The lowest BCUT2D eigenvalue weighted by atomic mass is 10.0. The monoisotopic (exact) mass is 221 g/mol. The quantitative estimate of drug-likeness (QED) is 0.826. The maximum absolute atomic E-state index is 12.7. The molecule has 1 saturated heterocycles. The molecule has 1 heterocycles. The van der Waals surface area contributed by atoms with Gasteiger partial charge < -0.3 is 10.1 Å². The summed E-state index contributed by atoms with van der Waals surface area (Å²) in [5.74, 6) is 2.15. The number of fused-ring (bicyclic) bond motifs is 1. The molecule has 1 N–H and O–H groups in total. The molecule has 16 heavy (non-hydrogen) atoms. The van der Waals surface area contributed by atoms with Crippen molar-refractivity contribution < 1.29 is 9.13 Å². The number of halogens is 1. The summed E-state index contributed by atoms with van der Waals surface area (Å²) in [6.45, 7) is 2.27. The predicted molar refractivity (Wildman–Crippen MR) is 59.9 cm³/mol.